The Hall–Kier alpha value is -2.98. The fourth-order valence-corrected chi connectivity index (χ4v) is 5.14. The summed E-state index contributed by atoms with van der Waals surface area (Å²) in [6, 6.07) is 10.4. The summed E-state index contributed by atoms with van der Waals surface area (Å²) >= 11 is 0. The first-order valence-electron chi connectivity index (χ1n) is 9.53. The number of sulfonamides is 1. The highest BCUT2D eigenvalue weighted by Gasteiger charge is 2.28. The first-order chi connectivity index (χ1) is 14.3. The molecule has 0 aromatic heterocycles. The molecule has 3 rings (SSSR count). The molecule has 2 aromatic carbocycles. The van der Waals surface area contributed by atoms with E-state index in [1.54, 1.807) is 18.2 Å². The minimum atomic E-state index is -3.66. The van der Waals surface area contributed by atoms with Crippen molar-refractivity contribution in [3.8, 4) is 5.75 Å². The third-order valence-electron chi connectivity index (χ3n) is 4.98. The second-order valence-electron chi connectivity index (χ2n) is 6.90. The summed E-state index contributed by atoms with van der Waals surface area (Å²) in [6.45, 7) is 0.943. The molecule has 1 N–H and O–H groups in total. The van der Waals surface area contributed by atoms with Crippen LogP contribution in [0, 0.1) is 10.1 Å². The van der Waals surface area contributed by atoms with Crippen molar-refractivity contribution in [1.82, 2.24) is 9.62 Å². The quantitative estimate of drug-likeness (QED) is 0.530. The first kappa shape index (κ1) is 21.7. The lowest BCUT2D eigenvalue weighted by molar-refractivity contribution is -0.385. The van der Waals surface area contributed by atoms with Crippen LogP contribution in [0.1, 0.15) is 35.2 Å². The van der Waals surface area contributed by atoms with E-state index in [9.17, 15) is 23.3 Å². The number of methoxy groups -OCH3 is 1. The third-order valence-corrected chi connectivity index (χ3v) is 6.98. The van der Waals surface area contributed by atoms with Gasteiger partial charge in [0.15, 0.2) is 5.75 Å². The number of carbonyl (C=O) groups is 1. The van der Waals surface area contributed by atoms with E-state index in [0.717, 1.165) is 25.3 Å². The summed E-state index contributed by atoms with van der Waals surface area (Å²) in [4.78, 5) is 23.2. The van der Waals surface area contributed by atoms with Gasteiger partial charge >= 0.3 is 5.69 Å². The number of nitrogens with zero attached hydrogens (tertiary/aromatic N) is 2. The van der Waals surface area contributed by atoms with Gasteiger partial charge in [0.1, 0.15) is 0 Å². The average Bonchev–Trinajstić information content (AvgIpc) is 2.77. The fraction of sp³-hybridized carbons (Fsp3) is 0.350. The second kappa shape index (κ2) is 9.23. The third kappa shape index (κ3) is 4.60. The maximum Gasteiger partial charge on any atom is 0.311 e. The lowest BCUT2D eigenvalue weighted by atomic mass is 10.1. The van der Waals surface area contributed by atoms with Crippen molar-refractivity contribution >= 4 is 21.6 Å². The van der Waals surface area contributed by atoms with Crippen LogP contribution in [0.2, 0.25) is 0 Å². The molecule has 10 heteroatoms. The van der Waals surface area contributed by atoms with Crippen LogP contribution in [0.15, 0.2) is 47.4 Å². The van der Waals surface area contributed by atoms with Crippen molar-refractivity contribution in [2.75, 3.05) is 20.2 Å². The molecule has 0 bridgehead atoms. The van der Waals surface area contributed by atoms with Gasteiger partial charge in [-0.15, -0.1) is 0 Å². The molecule has 160 valence electrons. The zero-order valence-corrected chi connectivity index (χ0v) is 17.4. The van der Waals surface area contributed by atoms with Gasteiger partial charge in [-0.25, -0.2) is 8.42 Å². The summed E-state index contributed by atoms with van der Waals surface area (Å²) < 4.78 is 32.5. The molecule has 1 aliphatic rings. The van der Waals surface area contributed by atoms with Gasteiger partial charge in [0.2, 0.25) is 10.0 Å². The smallest absolute Gasteiger partial charge is 0.311 e. The van der Waals surface area contributed by atoms with Crippen molar-refractivity contribution < 1.29 is 22.9 Å². The number of benzene rings is 2. The van der Waals surface area contributed by atoms with Gasteiger partial charge in [-0.1, -0.05) is 24.6 Å². The lowest BCUT2D eigenvalue weighted by Gasteiger charge is -2.26. The molecule has 1 fully saturated rings. The standard InChI is InChI=1S/C20H23N3O6S/c1-29-18-10-9-15(13-17(18)23(25)26)20(24)21-14-16-7-3-4-8-19(16)30(27,28)22-11-5-2-6-12-22/h3-4,7-10,13H,2,5-6,11-12,14H2,1H3,(H,21,24). The van der Waals surface area contributed by atoms with E-state index < -0.39 is 20.9 Å². The lowest BCUT2D eigenvalue weighted by Crippen LogP contribution is -2.36. The Kier molecular flexibility index (Phi) is 6.68. The summed E-state index contributed by atoms with van der Waals surface area (Å²) in [5, 5.41) is 13.8. The Morgan fingerprint density at radius 2 is 1.87 bits per heavy atom. The molecule has 30 heavy (non-hydrogen) atoms. The number of ether oxygens (including phenoxy) is 1. The van der Waals surface area contributed by atoms with Crippen LogP contribution in [0.25, 0.3) is 0 Å². The van der Waals surface area contributed by atoms with E-state index in [1.165, 1.54) is 29.6 Å². The Morgan fingerprint density at radius 1 is 1.17 bits per heavy atom. The Morgan fingerprint density at radius 3 is 2.53 bits per heavy atom. The van der Waals surface area contributed by atoms with Crippen molar-refractivity contribution in [3.05, 3.63) is 63.7 Å². The van der Waals surface area contributed by atoms with E-state index in [0.29, 0.717) is 18.7 Å². The molecule has 0 atom stereocenters. The largest absolute Gasteiger partial charge is 0.490 e. The molecule has 1 aliphatic heterocycles. The number of nitro benzene ring substituents is 1. The summed E-state index contributed by atoms with van der Waals surface area (Å²) in [5.41, 5.74) is 0.219. The number of piperidine rings is 1. The molecule has 0 spiro atoms. The molecule has 0 radical (unpaired) electrons. The zero-order chi connectivity index (χ0) is 21.7. The van der Waals surface area contributed by atoms with Crippen molar-refractivity contribution in [3.63, 3.8) is 0 Å². The molecular weight excluding hydrogens is 410 g/mol. The summed E-state index contributed by atoms with van der Waals surface area (Å²) in [7, 11) is -2.35. The van der Waals surface area contributed by atoms with E-state index >= 15 is 0 Å². The van der Waals surface area contributed by atoms with Crippen LogP contribution in [-0.4, -0.2) is 43.8 Å². The minimum Gasteiger partial charge on any atom is -0.490 e. The van der Waals surface area contributed by atoms with Crippen LogP contribution in [0.3, 0.4) is 0 Å². The number of amides is 1. The molecule has 1 heterocycles. The molecule has 1 saturated heterocycles. The number of rotatable bonds is 7. The number of hydrogen-bond acceptors (Lipinski definition) is 6. The van der Waals surface area contributed by atoms with Gasteiger partial charge in [0, 0.05) is 31.3 Å². The molecule has 2 aromatic rings. The van der Waals surface area contributed by atoms with Crippen molar-refractivity contribution in [1.29, 1.82) is 0 Å². The SMILES string of the molecule is COc1ccc(C(=O)NCc2ccccc2S(=O)(=O)N2CCCCC2)cc1[N+](=O)[O-]. The van der Waals surface area contributed by atoms with Crippen LogP contribution < -0.4 is 10.1 Å². The highest BCUT2D eigenvalue weighted by Crippen LogP contribution is 2.28. The topological polar surface area (TPSA) is 119 Å². The molecular formula is C20H23N3O6S. The van der Waals surface area contributed by atoms with Gasteiger partial charge in [-0.3, -0.25) is 14.9 Å². The van der Waals surface area contributed by atoms with E-state index in [2.05, 4.69) is 5.32 Å². The monoisotopic (exact) mass is 433 g/mol. The minimum absolute atomic E-state index is 0.0259. The van der Waals surface area contributed by atoms with Gasteiger partial charge in [0.25, 0.3) is 5.91 Å². The van der Waals surface area contributed by atoms with E-state index in [1.807, 2.05) is 0 Å². The Labute approximate surface area is 174 Å². The summed E-state index contributed by atoms with van der Waals surface area (Å²) in [6.07, 6.45) is 2.67. The van der Waals surface area contributed by atoms with Crippen LogP contribution in [0.5, 0.6) is 5.75 Å². The van der Waals surface area contributed by atoms with Crippen molar-refractivity contribution in [2.45, 2.75) is 30.7 Å². The molecule has 0 aliphatic carbocycles. The maximum atomic E-state index is 13.0. The van der Waals surface area contributed by atoms with E-state index in [-0.39, 0.29) is 28.4 Å². The predicted octanol–water partition coefficient (Wildman–Crippen LogP) is 2.71. The van der Waals surface area contributed by atoms with Crippen LogP contribution in [0.4, 0.5) is 5.69 Å². The Bertz CT molecular complexity index is 1050. The number of hydrogen-bond donors (Lipinski definition) is 1. The van der Waals surface area contributed by atoms with Crippen LogP contribution >= 0.6 is 0 Å². The highest BCUT2D eigenvalue weighted by molar-refractivity contribution is 7.89. The van der Waals surface area contributed by atoms with Crippen LogP contribution in [-0.2, 0) is 16.6 Å². The van der Waals surface area contributed by atoms with Gasteiger partial charge < -0.3 is 10.1 Å². The normalized spacial score (nSPS) is 14.8. The predicted molar refractivity (Wildman–Crippen MR) is 110 cm³/mol. The number of carbonyl (C=O) groups excluding carboxylic acids is 1. The Balaban J connectivity index is 1.79. The van der Waals surface area contributed by atoms with E-state index in [4.69, 9.17) is 4.74 Å². The van der Waals surface area contributed by atoms with Crippen molar-refractivity contribution in [2.24, 2.45) is 0 Å². The molecule has 0 unspecified atom stereocenters. The zero-order valence-electron chi connectivity index (χ0n) is 16.5. The number of nitro groups is 1. The van der Waals surface area contributed by atoms with Gasteiger partial charge in [-0.05, 0) is 36.6 Å². The number of nitrogens with one attached hydrogen (secondary N) is 1. The molecule has 9 nitrogen and oxygen atoms in total. The highest BCUT2D eigenvalue weighted by atomic mass is 32.2. The summed E-state index contributed by atoms with van der Waals surface area (Å²) in [5.74, 6) is -0.500. The maximum absolute atomic E-state index is 13.0. The average molecular weight is 433 g/mol. The molecule has 1 amide bonds. The van der Waals surface area contributed by atoms with Gasteiger partial charge in [-0.2, -0.15) is 4.31 Å². The second-order valence-corrected chi connectivity index (χ2v) is 8.81. The van der Waals surface area contributed by atoms with Gasteiger partial charge in [0.05, 0.1) is 16.9 Å². The first-order valence-corrected chi connectivity index (χ1v) is 11.0. The fourth-order valence-electron chi connectivity index (χ4n) is 3.40. The molecule has 0 saturated carbocycles.